The van der Waals surface area contributed by atoms with Gasteiger partial charge in [0, 0.05) is 19.4 Å². The molecule has 7 heteroatoms. The molecule has 0 amide bonds. The van der Waals surface area contributed by atoms with E-state index >= 15 is 0 Å². The van der Waals surface area contributed by atoms with Crippen LogP contribution in [0.1, 0.15) is 37.7 Å². The molecule has 0 unspecified atom stereocenters. The highest BCUT2D eigenvalue weighted by molar-refractivity contribution is 7.89. The van der Waals surface area contributed by atoms with Gasteiger partial charge in [-0.05, 0) is 43.5 Å². The quantitative estimate of drug-likeness (QED) is 0.878. The van der Waals surface area contributed by atoms with E-state index in [1.165, 1.54) is 6.42 Å². The van der Waals surface area contributed by atoms with Crippen LogP contribution in [0.15, 0.2) is 23.1 Å². The highest BCUT2D eigenvalue weighted by Crippen LogP contribution is 2.37. The van der Waals surface area contributed by atoms with Gasteiger partial charge in [0.25, 0.3) is 0 Å². The summed E-state index contributed by atoms with van der Waals surface area (Å²) in [6, 6.07) is 4.81. The molecule has 1 saturated heterocycles. The predicted molar refractivity (Wildman–Crippen MR) is 89.6 cm³/mol. The van der Waals surface area contributed by atoms with Crippen LogP contribution in [-0.4, -0.2) is 40.6 Å². The molecule has 0 bridgehead atoms. The largest absolute Gasteiger partial charge is 0.496 e. The third-order valence-electron chi connectivity index (χ3n) is 4.71. The first-order valence-corrected chi connectivity index (χ1v) is 9.88. The van der Waals surface area contributed by atoms with Crippen LogP contribution >= 0.6 is 0 Å². The average molecular weight is 355 g/mol. The number of nitrogens with one attached hydrogen (secondary N) is 1. The first-order chi connectivity index (χ1) is 11.4. The van der Waals surface area contributed by atoms with Gasteiger partial charge in [0.05, 0.1) is 24.7 Å². The molecule has 1 aliphatic carbocycles. The molecular formula is C17H25NO5S. The number of aryl methyl sites for hydroxylation is 1. The summed E-state index contributed by atoms with van der Waals surface area (Å²) in [7, 11) is -2.02. The summed E-state index contributed by atoms with van der Waals surface area (Å²) < 4.78 is 44.6. The Labute approximate surface area is 143 Å². The van der Waals surface area contributed by atoms with Crippen LogP contribution in [0.2, 0.25) is 0 Å². The summed E-state index contributed by atoms with van der Waals surface area (Å²) in [4.78, 5) is 0.229. The van der Waals surface area contributed by atoms with Crippen molar-refractivity contribution in [2.75, 3.05) is 20.3 Å². The van der Waals surface area contributed by atoms with E-state index in [1.807, 2.05) is 6.92 Å². The molecule has 1 aromatic carbocycles. The summed E-state index contributed by atoms with van der Waals surface area (Å²) in [6.45, 7) is 2.47. The Balaban J connectivity index is 1.60. The first-order valence-electron chi connectivity index (χ1n) is 8.40. The van der Waals surface area contributed by atoms with Crippen LogP contribution in [0.4, 0.5) is 0 Å². The van der Waals surface area contributed by atoms with Crippen molar-refractivity contribution in [1.82, 2.24) is 4.72 Å². The van der Waals surface area contributed by atoms with Gasteiger partial charge in [-0.3, -0.25) is 0 Å². The number of hydrogen-bond donors (Lipinski definition) is 1. The zero-order valence-corrected chi connectivity index (χ0v) is 15.0. The first kappa shape index (κ1) is 17.7. The SMILES string of the molecule is COc1ccc(S(=O)(=O)NC[C@@H]2COC3(CCCCC3)O2)cc1C. The van der Waals surface area contributed by atoms with Gasteiger partial charge >= 0.3 is 0 Å². The molecule has 1 N–H and O–H groups in total. The highest BCUT2D eigenvalue weighted by atomic mass is 32.2. The zero-order chi connectivity index (χ0) is 17.2. The van der Waals surface area contributed by atoms with Crippen molar-refractivity contribution in [3.63, 3.8) is 0 Å². The summed E-state index contributed by atoms with van der Waals surface area (Å²) in [5, 5.41) is 0. The topological polar surface area (TPSA) is 73.9 Å². The molecule has 0 aromatic heterocycles. The number of rotatable bonds is 5. The summed E-state index contributed by atoms with van der Waals surface area (Å²) in [5.74, 6) is 0.186. The van der Waals surface area contributed by atoms with Crippen LogP contribution in [-0.2, 0) is 19.5 Å². The van der Waals surface area contributed by atoms with E-state index in [1.54, 1.807) is 25.3 Å². The second-order valence-electron chi connectivity index (χ2n) is 6.51. The maximum Gasteiger partial charge on any atom is 0.240 e. The molecule has 1 atom stereocenters. The van der Waals surface area contributed by atoms with Gasteiger partial charge < -0.3 is 14.2 Å². The van der Waals surface area contributed by atoms with E-state index in [2.05, 4.69) is 4.72 Å². The minimum absolute atomic E-state index is 0.217. The highest BCUT2D eigenvalue weighted by Gasteiger charge is 2.42. The second-order valence-corrected chi connectivity index (χ2v) is 8.27. The smallest absolute Gasteiger partial charge is 0.240 e. The lowest BCUT2D eigenvalue weighted by atomic mass is 9.94. The monoisotopic (exact) mass is 355 g/mol. The van der Waals surface area contributed by atoms with E-state index in [0.717, 1.165) is 31.2 Å². The van der Waals surface area contributed by atoms with Crippen molar-refractivity contribution in [2.45, 2.75) is 55.8 Å². The summed E-state index contributed by atoms with van der Waals surface area (Å²) >= 11 is 0. The Morgan fingerprint density at radius 3 is 2.71 bits per heavy atom. The van der Waals surface area contributed by atoms with Gasteiger partial charge in [-0.1, -0.05) is 6.42 Å². The van der Waals surface area contributed by atoms with E-state index in [9.17, 15) is 8.42 Å². The molecule has 2 aliphatic rings. The van der Waals surface area contributed by atoms with Crippen molar-refractivity contribution < 1.29 is 22.6 Å². The molecule has 134 valence electrons. The molecule has 2 fully saturated rings. The van der Waals surface area contributed by atoms with Gasteiger partial charge in [0.2, 0.25) is 10.0 Å². The Kier molecular flexibility index (Phi) is 5.15. The standard InChI is InChI=1S/C17H25NO5S/c1-13-10-15(6-7-16(13)21-2)24(19,20)18-11-14-12-22-17(23-14)8-4-3-5-9-17/h6-7,10,14,18H,3-5,8-9,11-12H2,1-2H3/t14-/m1/s1. The molecule has 1 heterocycles. The van der Waals surface area contributed by atoms with Crippen LogP contribution in [0, 0.1) is 6.92 Å². The predicted octanol–water partition coefficient (Wildman–Crippen LogP) is 2.36. The van der Waals surface area contributed by atoms with Crippen LogP contribution in [0.3, 0.4) is 0 Å². The van der Waals surface area contributed by atoms with Crippen molar-refractivity contribution >= 4 is 10.0 Å². The summed E-state index contributed by atoms with van der Waals surface area (Å²) in [5.41, 5.74) is 0.780. The molecule has 1 aliphatic heterocycles. The number of hydrogen-bond acceptors (Lipinski definition) is 5. The fourth-order valence-corrected chi connectivity index (χ4v) is 4.52. The van der Waals surface area contributed by atoms with Gasteiger partial charge in [0.1, 0.15) is 5.75 Å². The third-order valence-corrected chi connectivity index (χ3v) is 6.13. The summed E-state index contributed by atoms with van der Waals surface area (Å²) in [6.07, 6.45) is 4.97. The van der Waals surface area contributed by atoms with Gasteiger partial charge in [-0.25, -0.2) is 13.1 Å². The molecule has 24 heavy (non-hydrogen) atoms. The Bertz CT molecular complexity index is 682. The number of sulfonamides is 1. The van der Waals surface area contributed by atoms with Crippen LogP contribution in [0.5, 0.6) is 5.75 Å². The lowest BCUT2D eigenvalue weighted by Crippen LogP contribution is -2.37. The van der Waals surface area contributed by atoms with E-state index in [0.29, 0.717) is 12.4 Å². The fourth-order valence-electron chi connectivity index (χ4n) is 3.37. The normalized spacial score (nSPS) is 23.5. The Morgan fingerprint density at radius 1 is 1.29 bits per heavy atom. The minimum Gasteiger partial charge on any atom is -0.496 e. The Hall–Kier alpha value is -1.15. The van der Waals surface area contributed by atoms with E-state index in [-0.39, 0.29) is 17.5 Å². The van der Waals surface area contributed by atoms with Crippen molar-refractivity contribution in [2.24, 2.45) is 0 Å². The lowest BCUT2D eigenvalue weighted by Gasteiger charge is -2.31. The minimum atomic E-state index is -3.58. The third kappa shape index (κ3) is 3.74. The van der Waals surface area contributed by atoms with Gasteiger partial charge in [-0.2, -0.15) is 0 Å². The average Bonchev–Trinajstić information content (AvgIpc) is 2.96. The van der Waals surface area contributed by atoms with E-state index < -0.39 is 15.8 Å². The van der Waals surface area contributed by atoms with E-state index in [4.69, 9.17) is 14.2 Å². The van der Waals surface area contributed by atoms with Crippen LogP contribution in [0.25, 0.3) is 0 Å². The zero-order valence-electron chi connectivity index (χ0n) is 14.2. The van der Waals surface area contributed by atoms with Crippen molar-refractivity contribution in [3.8, 4) is 5.75 Å². The van der Waals surface area contributed by atoms with Crippen LogP contribution < -0.4 is 9.46 Å². The lowest BCUT2D eigenvalue weighted by molar-refractivity contribution is -0.186. The molecule has 1 spiro atoms. The molecule has 1 aromatic rings. The van der Waals surface area contributed by atoms with Crippen molar-refractivity contribution in [1.29, 1.82) is 0 Å². The molecule has 3 rings (SSSR count). The number of ether oxygens (including phenoxy) is 3. The van der Waals surface area contributed by atoms with Gasteiger partial charge in [-0.15, -0.1) is 0 Å². The fraction of sp³-hybridized carbons (Fsp3) is 0.647. The molecule has 1 saturated carbocycles. The number of methoxy groups -OCH3 is 1. The maximum absolute atomic E-state index is 12.5. The Morgan fingerprint density at radius 2 is 2.04 bits per heavy atom. The molecular weight excluding hydrogens is 330 g/mol. The van der Waals surface area contributed by atoms with Crippen molar-refractivity contribution in [3.05, 3.63) is 23.8 Å². The van der Waals surface area contributed by atoms with Gasteiger partial charge in [0.15, 0.2) is 5.79 Å². The molecule has 0 radical (unpaired) electrons. The number of benzene rings is 1. The maximum atomic E-state index is 12.5. The second kappa shape index (κ2) is 7.00. The molecule has 6 nitrogen and oxygen atoms in total.